The van der Waals surface area contributed by atoms with E-state index in [2.05, 4.69) is 50.5 Å². The van der Waals surface area contributed by atoms with Crippen LogP contribution < -0.4 is 10.6 Å². The number of carbonyl (C=O) groups excluding carboxylic acids is 1. The van der Waals surface area contributed by atoms with Crippen molar-refractivity contribution in [2.45, 2.75) is 51.7 Å². The predicted molar refractivity (Wildman–Crippen MR) is 107 cm³/mol. The molecule has 0 aromatic heterocycles. The second-order valence-electron chi connectivity index (χ2n) is 8.52. The average Bonchev–Trinajstić information content (AvgIpc) is 2.59. The number of nitrogens with zero attached hydrogens (tertiary/aromatic N) is 1. The summed E-state index contributed by atoms with van der Waals surface area (Å²) in [4.78, 5) is 12.7. The van der Waals surface area contributed by atoms with E-state index >= 15 is 0 Å². The van der Waals surface area contributed by atoms with Crippen molar-refractivity contribution in [1.29, 1.82) is 0 Å². The number of benzene rings is 1. The van der Waals surface area contributed by atoms with Crippen LogP contribution in [-0.2, 0) is 11.3 Å². The third kappa shape index (κ3) is 4.87. The van der Waals surface area contributed by atoms with Gasteiger partial charge in [0.2, 0.25) is 0 Å². The Morgan fingerprint density at radius 2 is 1.89 bits per heavy atom. The maximum atomic E-state index is 12.7. The summed E-state index contributed by atoms with van der Waals surface area (Å²) in [5, 5.41) is 17.7. The minimum atomic E-state index is -0.419. The van der Waals surface area contributed by atoms with Crippen LogP contribution in [0, 0.1) is 0 Å². The molecule has 0 saturated heterocycles. The largest absolute Gasteiger partial charge is 0.377 e. The molecular formula is C22H29N3O2. The topological polar surface area (TPSA) is 64.6 Å². The van der Waals surface area contributed by atoms with Gasteiger partial charge < -0.3 is 10.6 Å². The van der Waals surface area contributed by atoms with E-state index in [1.165, 1.54) is 5.57 Å². The number of dihydropyridines is 1. The summed E-state index contributed by atoms with van der Waals surface area (Å²) >= 11 is 0. The van der Waals surface area contributed by atoms with Crippen LogP contribution in [-0.4, -0.2) is 33.8 Å². The lowest BCUT2D eigenvalue weighted by Gasteiger charge is -2.42. The van der Waals surface area contributed by atoms with Crippen LogP contribution in [0.4, 0.5) is 0 Å². The first-order chi connectivity index (χ1) is 12.7. The summed E-state index contributed by atoms with van der Waals surface area (Å²) in [6.45, 7) is 9.41. The van der Waals surface area contributed by atoms with E-state index in [4.69, 9.17) is 0 Å². The summed E-state index contributed by atoms with van der Waals surface area (Å²) in [5.41, 5.74) is 3.44. The average molecular weight is 367 g/mol. The van der Waals surface area contributed by atoms with Gasteiger partial charge >= 0.3 is 0 Å². The molecule has 27 heavy (non-hydrogen) atoms. The third-order valence-corrected chi connectivity index (χ3v) is 4.75. The Labute approximate surface area is 161 Å². The minimum Gasteiger partial charge on any atom is -0.377 e. The molecule has 0 radical (unpaired) electrons. The summed E-state index contributed by atoms with van der Waals surface area (Å²) in [5.74, 6) is -0.419. The van der Waals surface area contributed by atoms with Crippen LogP contribution in [0.25, 0.3) is 0 Å². The molecule has 2 aliphatic rings. The van der Waals surface area contributed by atoms with Gasteiger partial charge in [-0.1, -0.05) is 42.5 Å². The summed E-state index contributed by atoms with van der Waals surface area (Å²) < 4.78 is 0. The zero-order valence-corrected chi connectivity index (χ0v) is 16.5. The lowest BCUT2D eigenvalue weighted by atomic mass is 9.80. The molecular weight excluding hydrogens is 338 g/mol. The minimum absolute atomic E-state index is 0.0202. The zero-order valence-electron chi connectivity index (χ0n) is 16.5. The molecule has 1 aromatic rings. The number of hydroxylamine groups is 2. The van der Waals surface area contributed by atoms with Crippen molar-refractivity contribution in [3.63, 3.8) is 0 Å². The molecule has 0 spiro atoms. The van der Waals surface area contributed by atoms with Crippen LogP contribution in [0.5, 0.6) is 0 Å². The van der Waals surface area contributed by atoms with E-state index in [0.29, 0.717) is 12.2 Å². The van der Waals surface area contributed by atoms with Gasteiger partial charge in [-0.25, -0.2) is 5.06 Å². The lowest BCUT2D eigenvalue weighted by Crippen LogP contribution is -2.54. The number of rotatable bonds is 4. The van der Waals surface area contributed by atoms with Gasteiger partial charge in [-0.05, 0) is 56.9 Å². The van der Waals surface area contributed by atoms with Crippen molar-refractivity contribution >= 4 is 5.91 Å². The molecule has 0 saturated carbocycles. The SMILES string of the molecule is CC1(C)C=C(C2=CCNC(C(=O)N(O)Cc3ccccc3)=C2)CC(C)(C)N1. The highest BCUT2D eigenvalue weighted by atomic mass is 16.5. The zero-order chi connectivity index (χ0) is 19.7. The van der Waals surface area contributed by atoms with Crippen molar-refractivity contribution in [3.05, 3.63) is 71.0 Å². The van der Waals surface area contributed by atoms with Crippen molar-refractivity contribution in [1.82, 2.24) is 15.7 Å². The molecule has 0 aliphatic carbocycles. The predicted octanol–water partition coefficient (Wildman–Crippen LogP) is 3.29. The van der Waals surface area contributed by atoms with Gasteiger partial charge in [0.05, 0.1) is 6.54 Å². The second kappa shape index (κ2) is 7.33. The Bertz CT molecular complexity index is 804. The highest BCUT2D eigenvalue weighted by Crippen LogP contribution is 2.33. The molecule has 0 fully saturated rings. The highest BCUT2D eigenvalue weighted by molar-refractivity contribution is 5.93. The maximum absolute atomic E-state index is 12.7. The number of carbonyl (C=O) groups is 1. The summed E-state index contributed by atoms with van der Waals surface area (Å²) in [7, 11) is 0. The van der Waals surface area contributed by atoms with Gasteiger partial charge in [-0.2, -0.15) is 0 Å². The van der Waals surface area contributed by atoms with Gasteiger partial charge in [0.1, 0.15) is 5.70 Å². The van der Waals surface area contributed by atoms with Crippen LogP contribution in [0.2, 0.25) is 0 Å². The molecule has 0 atom stereocenters. The monoisotopic (exact) mass is 367 g/mol. The third-order valence-electron chi connectivity index (χ3n) is 4.75. The van der Waals surface area contributed by atoms with Gasteiger partial charge in [0.25, 0.3) is 5.91 Å². The number of allylic oxidation sites excluding steroid dienone is 2. The summed E-state index contributed by atoms with van der Waals surface area (Å²) in [6.07, 6.45) is 7.06. The Kier molecular flexibility index (Phi) is 5.27. The number of hydrogen-bond donors (Lipinski definition) is 3. The Balaban J connectivity index is 1.78. The van der Waals surface area contributed by atoms with E-state index < -0.39 is 5.91 Å². The molecule has 3 rings (SSSR count). The first kappa shape index (κ1) is 19.4. The van der Waals surface area contributed by atoms with E-state index in [1.807, 2.05) is 36.4 Å². The van der Waals surface area contributed by atoms with Gasteiger partial charge in [-0.15, -0.1) is 0 Å². The first-order valence-electron chi connectivity index (χ1n) is 9.37. The molecule has 2 aliphatic heterocycles. The fourth-order valence-electron chi connectivity index (χ4n) is 3.97. The molecule has 5 heteroatoms. The molecule has 5 nitrogen and oxygen atoms in total. The molecule has 144 valence electrons. The standard InChI is InChI=1S/C22H29N3O2/c1-21(2)13-18(14-22(3,4)24-21)17-10-11-23-19(12-17)20(26)25(27)15-16-8-6-5-7-9-16/h5-10,12-13,23-24,27H,11,14-15H2,1-4H3. The van der Waals surface area contributed by atoms with Crippen molar-refractivity contribution in [2.24, 2.45) is 0 Å². The molecule has 3 N–H and O–H groups in total. The van der Waals surface area contributed by atoms with Crippen molar-refractivity contribution < 1.29 is 10.0 Å². The smallest absolute Gasteiger partial charge is 0.293 e. The van der Waals surface area contributed by atoms with Gasteiger partial charge in [-0.3, -0.25) is 10.0 Å². The Morgan fingerprint density at radius 3 is 2.56 bits per heavy atom. The van der Waals surface area contributed by atoms with Crippen LogP contribution in [0.1, 0.15) is 39.7 Å². The van der Waals surface area contributed by atoms with Crippen LogP contribution in [0.15, 0.2) is 65.4 Å². The molecule has 1 amide bonds. The fraction of sp³-hybridized carbons (Fsp3) is 0.409. The summed E-state index contributed by atoms with van der Waals surface area (Å²) in [6, 6.07) is 9.45. The second-order valence-corrected chi connectivity index (χ2v) is 8.52. The maximum Gasteiger partial charge on any atom is 0.293 e. The quantitative estimate of drug-likeness (QED) is 0.564. The van der Waals surface area contributed by atoms with E-state index in [-0.39, 0.29) is 17.6 Å². The number of nitrogens with one attached hydrogen (secondary N) is 2. The first-order valence-corrected chi connectivity index (χ1v) is 9.37. The van der Waals surface area contributed by atoms with Gasteiger partial charge in [0.15, 0.2) is 0 Å². The van der Waals surface area contributed by atoms with Crippen molar-refractivity contribution in [3.8, 4) is 0 Å². The fourth-order valence-corrected chi connectivity index (χ4v) is 3.97. The van der Waals surface area contributed by atoms with E-state index in [9.17, 15) is 10.0 Å². The number of amides is 1. The van der Waals surface area contributed by atoms with Crippen LogP contribution >= 0.6 is 0 Å². The van der Waals surface area contributed by atoms with E-state index in [1.54, 1.807) is 0 Å². The van der Waals surface area contributed by atoms with Gasteiger partial charge in [0, 0.05) is 17.6 Å². The number of hydrogen-bond acceptors (Lipinski definition) is 4. The van der Waals surface area contributed by atoms with Crippen molar-refractivity contribution in [2.75, 3.05) is 6.54 Å². The molecule has 1 aromatic carbocycles. The highest BCUT2D eigenvalue weighted by Gasteiger charge is 2.33. The molecule has 0 bridgehead atoms. The lowest BCUT2D eigenvalue weighted by molar-refractivity contribution is -0.163. The Hall–Kier alpha value is -2.37. The molecule has 0 unspecified atom stereocenters. The van der Waals surface area contributed by atoms with E-state index in [0.717, 1.165) is 22.6 Å². The Morgan fingerprint density at radius 1 is 1.19 bits per heavy atom. The normalized spacial score (nSPS) is 20.7. The van der Waals surface area contributed by atoms with Crippen LogP contribution in [0.3, 0.4) is 0 Å². The molecule has 2 heterocycles.